The number of carbonyl (C=O) groups excluding carboxylic acids is 3. The quantitative estimate of drug-likeness (QED) is 0.242. The van der Waals surface area contributed by atoms with Crippen LogP contribution in [0.15, 0.2) is 11.1 Å². The maximum atomic E-state index is 14.0. The van der Waals surface area contributed by atoms with Crippen LogP contribution in [-0.4, -0.2) is 41.4 Å². The molecule has 0 unspecified atom stereocenters. The van der Waals surface area contributed by atoms with Crippen molar-refractivity contribution in [3.63, 3.8) is 0 Å². The van der Waals surface area contributed by atoms with Crippen LogP contribution < -0.4 is 5.32 Å². The van der Waals surface area contributed by atoms with Crippen LogP contribution >= 0.6 is 0 Å². The van der Waals surface area contributed by atoms with Gasteiger partial charge in [-0.05, 0) is 128 Å². The molecule has 0 aliphatic heterocycles. The summed E-state index contributed by atoms with van der Waals surface area (Å²) in [5, 5.41) is 13.0. The van der Waals surface area contributed by atoms with Crippen LogP contribution in [0.2, 0.25) is 0 Å². The fourth-order valence-corrected chi connectivity index (χ4v) is 15.0. The van der Waals surface area contributed by atoms with E-state index in [0.29, 0.717) is 42.9 Å². The molecule has 1 amide bonds. The minimum absolute atomic E-state index is 0.0878. The molecular weight excluding hydrogens is 650 g/mol. The standard InChI is InChI=1S/C45H69NO6/c1-26(2)35-31(47)25-45(22-23-46-37(48)27-12-10-11-13-27)21-20-43(8)28(36(35)45)14-15-33-42(7)18-17-34(41(5,6)32(42)16-19-44(33,43)9)52-39(51)30-24-29(38(49)50)40(30,3)4/h26-30,32-34H,10-25H2,1-9H3,(H,46,48)(H,49,50)/t28-,29+,30-,32+,33-,34+,42+,43-,44-,45-/m1/s1. The highest BCUT2D eigenvalue weighted by Gasteiger charge is 2.70. The molecular formula is C45H69NO6. The Morgan fingerprint density at radius 1 is 0.808 bits per heavy atom. The number of ether oxygens (including phenoxy) is 1. The number of carbonyl (C=O) groups is 4. The Hall–Kier alpha value is -2.18. The molecule has 0 aromatic rings. The molecule has 7 heteroatoms. The van der Waals surface area contributed by atoms with Gasteiger partial charge < -0.3 is 15.2 Å². The Kier molecular flexibility index (Phi) is 9.29. The molecule has 7 aliphatic rings. The summed E-state index contributed by atoms with van der Waals surface area (Å²) in [6.07, 6.45) is 14.6. The Morgan fingerprint density at radius 3 is 2.13 bits per heavy atom. The van der Waals surface area contributed by atoms with Gasteiger partial charge in [0.15, 0.2) is 5.78 Å². The van der Waals surface area contributed by atoms with Crippen molar-refractivity contribution >= 4 is 23.6 Å². The van der Waals surface area contributed by atoms with E-state index < -0.39 is 17.3 Å². The van der Waals surface area contributed by atoms with Gasteiger partial charge in [-0.25, -0.2) is 0 Å². The van der Waals surface area contributed by atoms with Crippen LogP contribution in [0.3, 0.4) is 0 Å². The van der Waals surface area contributed by atoms with E-state index in [1.807, 2.05) is 13.8 Å². The largest absolute Gasteiger partial charge is 0.481 e. The number of amides is 1. The second kappa shape index (κ2) is 12.7. The summed E-state index contributed by atoms with van der Waals surface area (Å²) in [6.45, 7) is 21.3. The number of allylic oxidation sites excluding steroid dienone is 2. The molecule has 0 aromatic carbocycles. The third-order valence-electron chi connectivity index (χ3n) is 18.3. The van der Waals surface area contributed by atoms with Crippen molar-refractivity contribution in [3.05, 3.63) is 11.1 Å². The number of nitrogens with one attached hydrogen (secondary N) is 1. The molecule has 6 fully saturated rings. The smallest absolute Gasteiger partial charge is 0.309 e. The van der Waals surface area contributed by atoms with E-state index in [2.05, 4.69) is 53.8 Å². The van der Waals surface area contributed by atoms with Gasteiger partial charge in [0.1, 0.15) is 6.10 Å². The Balaban J connectivity index is 1.12. The predicted octanol–water partition coefficient (Wildman–Crippen LogP) is 9.32. The van der Waals surface area contributed by atoms with Gasteiger partial charge in [0.05, 0.1) is 11.8 Å². The van der Waals surface area contributed by atoms with E-state index >= 15 is 0 Å². The van der Waals surface area contributed by atoms with Gasteiger partial charge in [-0.2, -0.15) is 0 Å². The molecule has 0 heterocycles. The molecule has 7 aliphatic carbocycles. The van der Waals surface area contributed by atoms with Crippen LogP contribution in [-0.2, 0) is 23.9 Å². The fourth-order valence-electron chi connectivity index (χ4n) is 15.0. The SMILES string of the molecule is CC(C)C1=C2[C@H]3CC[C@@H]4[C@@]5(C)CC[C@H](OC(=O)[C@H]6C[C@@H](C(=O)O)C6(C)C)C(C)(C)[C@@H]5CC[C@@]4(C)[C@]3(C)CC[C@@]2(CCNC(=O)C2CCCC2)CC1=O. The number of fused-ring (bicyclic) bond motifs is 7. The molecule has 6 saturated carbocycles. The topological polar surface area (TPSA) is 110 Å². The van der Waals surface area contributed by atoms with Crippen LogP contribution in [0.5, 0.6) is 0 Å². The van der Waals surface area contributed by atoms with Gasteiger partial charge in [-0.1, -0.05) is 80.7 Å². The van der Waals surface area contributed by atoms with Crippen molar-refractivity contribution < 1.29 is 29.0 Å². The van der Waals surface area contributed by atoms with Crippen molar-refractivity contribution in [1.82, 2.24) is 5.32 Å². The molecule has 0 radical (unpaired) electrons. The molecule has 7 nitrogen and oxygen atoms in total. The van der Waals surface area contributed by atoms with Crippen LogP contribution in [0.25, 0.3) is 0 Å². The molecule has 0 aromatic heterocycles. The van der Waals surface area contributed by atoms with E-state index in [-0.39, 0.29) is 62.8 Å². The molecule has 2 N–H and O–H groups in total. The molecule has 290 valence electrons. The lowest BCUT2D eigenvalue weighted by atomic mass is 9.33. The van der Waals surface area contributed by atoms with E-state index in [9.17, 15) is 24.3 Å². The van der Waals surface area contributed by atoms with E-state index in [4.69, 9.17) is 4.74 Å². The van der Waals surface area contributed by atoms with Crippen molar-refractivity contribution in [2.75, 3.05) is 6.54 Å². The molecule has 0 saturated heterocycles. The molecule has 52 heavy (non-hydrogen) atoms. The Bertz CT molecular complexity index is 1540. The summed E-state index contributed by atoms with van der Waals surface area (Å²) in [6, 6.07) is 0. The first-order chi connectivity index (χ1) is 24.2. The normalized spacial score (nSPS) is 43.5. The van der Waals surface area contributed by atoms with E-state index in [1.54, 1.807) is 0 Å². The summed E-state index contributed by atoms with van der Waals surface area (Å²) >= 11 is 0. The van der Waals surface area contributed by atoms with Gasteiger partial charge in [0.25, 0.3) is 0 Å². The monoisotopic (exact) mass is 720 g/mol. The maximum absolute atomic E-state index is 14.0. The van der Waals surface area contributed by atoms with Gasteiger partial charge in [0, 0.05) is 29.7 Å². The maximum Gasteiger partial charge on any atom is 0.309 e. The molecule has 10 atom stereocenters. The lowest BCUT2D eigenvalue weighted by Gasteiger charge is -2.72. The summed E-state index contributed by atoms with van der Waals surface area (Å²) < 4.78 is 6.42. The first-order valence-electron chi connectivity index (χ1n) is 21.2. The third kappa shape index (κ3) is 5.36. The average molecular weight is 720 g/mol. The summed E-state index contributed by atoms with van der Waals surface area (Å²) in [4.78, 5) is 52.4. The number of carboxylic acid groups (broad SMARTS) is 1. The van der Waals surface area contributed by atoms with Crippen LogP contribution in [0, 0.1) is 73.9 Å². The second-order valence-electron chi connectivity index (χ2n) is 21.3. The summed E-state index contributed by atoms with van der Waals surface area (Å²) in [7, 11) is 0. The van der Waals surface area contributed by atoms with Gasteiger partial charge in [-0.15, -0.1) is 0 Å². The zero-order valence-electron chi connectivity index (χ0n) is 33.9. The summed E-state index contributed by atoms with van der Waals surface area (Å²) in [5.74, 6) is 0.433. The van der Waals surface area contributed by atoms with Crippen LogP contribution in [0.4, 0.5) is 0 Å². The predicted molar refractivity (Wildman–Crippen MR) is 202 cm³/mol. The minimum atomic E-state index is -0.820. The molecule has 0 bridgehead atoms. The van der Waals surface area contributed by atoms with Crippen molar-refractivity contribution in [1.29, 1.82) is 0 Å². The number of hydrogen-bond acceptors (Lipinski definition) is 5. The number of rotatable bonds is 8. The highest BCUT2D eigenvalue weighted by molar-refractivity contribution is 6.00. The van der Waals surface area contributed by atoms with E-state index in [0.717, 1.165) is 89.0 Å². The average Bonchev–Trinajstić information content (AvgIpc) is 3.69. The zero-order valence-corrected chi connectivity index (χ0v) is 33.9. The van der Waals surface area contributed by atoms with Crippen molar-refractivity contribution in [3.8, 4) is 0 Å². The zero-order chi connectivity index (χ0) is 37.8. The Morgan fingerprint density at radius 2 is 1.50 bits per heavy atom. The number of aliphatic carboxylic acids is 1. The lowest BCUT2D eigenvalue weighted by molar-refractivity contribution is -0.236. The fraction of sp³-hybridized carbons (Fsp3) is 0.867. The number of hydrogen-bond donors (Lipinski definition) is 2. The number of Topliss-reactive ketones (excluding diaryl/α,β-unsaturated/α-hetero) is 1. The number of esters is 1. The van der Waals surface area contributed by atoms with Crippen molar-refractivity contribution in [2.24, 2.45) is 73.9 Å². The summed E-state index contributed by atoms with van der Waals surface area (Å²) in [5.41, 5.74) is 2.05. The molecule has 7 rings (SSSR count). The van der Waals surface area contributed by atoms with Crippen molar-refractivity contribution in [2.45, 2.75) is 165 Å². The highest BCUT2D eigenvalue weighted by Crippen LogP contribution is 2.77. The van der Waals surface area contributed by atoms with Gasteiger partial charge >= 0.3 is 11.9 Å². The first-order valence-corrected chi connectivity index (χ1v) is 21.2. The van der Waals surface area contributed by atoms with Gasteiger partial charge in [-0.3, -0.25) is 19.2 Å². The minimum Gasteiger partial charge on any atom is -0.481 e. The third-order valence-corrected chi connectivity index (χ3v) is 18.3. The lowest BCUT2D eigenvalue weighted by Crippen LogP contribution is -2.66. The number of ketones is 1. The Labute approximate surface area is 313 Å². The van der Waals surface area contributed by atoms with Crippen LogP contribution in [0.1, 0.15) is 159 Å². The first kappa shape index (κ1) is 38.1. The molecule has 0 spiro atoms. The second-order valence-corrected chi connectivity index (χ2v) is 21.3. The highest BCUT2D eigenvalue weighted by atomic mass is 16.5. The number of carboxylic acids is 1. The van der Waals surface area contributed by atoms with E-state index in [1.165, 1.54) is 5.57 Å². The van der Waals surface area contributed by atoms with Gasteiger partial charge in [0.2, 0.25) is 5.91 Å².